The molecule has 0 spiro atoms. The highest BCUT2D eigenvalue weighted by molar-refractivity contribution is 5.93. The second-order valence-electron chi connectivity index (χ2n) is 6.23. The van der Waals surface area contributed by atoms with E-state index in [-0.39, 0.29) is 30.5 Å². The van der Waals surface area contributed by atoms with Crippen LogP contribution in [0.3, 0.4) is 0 Å². The summed E-state index contributed by atoms with van der Waals surface area (Å²) in [5, 5.41) is 6.21. The molecule has 26 heavy (non-hydrogen) atoms. The number of hydrogen-bond donors (Lipinski definition) is 3. The zero-order valence-electron chi connectivity index (χ0n) is 14.7. The molecule has 0 bridgehead atoms. The summed E-state index contributed by atoms with van der Waals surface area (Å²) in [5.74, 6) is -0.391. The van der Waals surface area contributed by atoms with E-state index in [4.69, 9.17) is 4.84 Å². The molecular weight excluding hydrogens is 330 g/mol. The molecule has 0 saturated carbocycles. The predicted octanol–water partition coefficient (Wildman–Crippen LogP) is 2.09. The Morgan fingerprint density at radius 2 is 1.88 bits per heavy atom. The van der Waals surface area contributed by atoms with Crippen molar-refractivity contribution in [2.45, 2.75) is 32.0 Å². The largest absolute Gasteiger partial charge is 0.349 e. The van der Waals surface area contributed by atoms with Gasteiger partial charge < -0.3 is 5.32 Å². The number of amides is 2. The fourth-order valence-electron chi connectivity index (χ4n) is 2.94. The standard InChI is InChI=1S/C20H23N3O3/c1-2-16(13-26-23-19(24)14-8-4-3-5-9-14)22-20(25)18-17-11-7-6-10-15(17)12-21-18/h3-11,16,18,21H,2,12-13H2,1H3,(H,22,25)(H,23,24)/t16-,18?/m0/s1. The lowest BCUT2D eigenvalue weighted by Crippen LogP contribution is -2.44. The molecule has 0 aromatic heterocycles. The van der Waals surface area contributed by atoms with Gasteiger partial charge in [0.25, 0.3) is 5.91 Å². The van der Waals surface area contributed by atoms with Crippen molar-refractivity contribution in [2.75, 3.05) is 6.61 Å². The molecule has 6 nitrogen and oxygen atoms in total. The van der Waals surface area contributed by atoms with Crippen LogP contribution in [0.15, 0.2) is 54.6 Å². The second kappa shape index (κ2) is 8.60. The minimum absolute atomic E-state index is 0.0835. The number of hydroxylamine groups is 1. The fourth-order valence-corrected chi connectivity index (χ4v) is 2.94. The molecule has 1 aliphatic rings. The van der Waals surface area contributed by atoms with Gasteiger partial charge in [-0.25, -0.2) is 5.48 Å². The van der Waals surface area contributed by atoms with Crippen molar-refractivity contribution in [3.05, 3.63) is 71.3 Å². The molecule has 136 valence electrons. The third-order valence-electron chi connectivity index (χ3n) is 4.45. The molecule has 1 heterocycles. The maximum atomic E-state index is 12.6. The predicted molar refractivity (Wildman–Crippen MR) is 98.1 cm³/mol. The first kappa shape index (κ1) is 18.1. The first-order chi connectivity index (χ1) is 12.7. The van der Waals surface area contributed by atoms with Crippen molar-refractivity contribution >= 4 is 11.8 Å². The Balaban J connectivity index is 1.49. The van der Waals surface area contributed by atoms with Gasteiger partial charge in [-0.3, -0.25) is 19.7 Å². The van der Waals surface area contributed by atoms with Crippen LogP contribution >= 0.6 is 0 Å². The quantitative estimate of drug-likeness (QED) is 0.666. The van der Waals surface area contributed by atoms with Gasteiger partial charge in [0, 0.05) is 12.1 Å². The van der Waals surface area contributed by atoms with Gasteiger partial charge in [0.15, 0.2) is 0 Å². The third-order valence-corrected chi connectivity index (χ3v) is 4.45. The lowest BCUT2D eigenvalue weighted by molar-refractivity contribution is -0.124. The number of carbonyl (C=O) groups excluding carboxylic acids is 2. The molecule has 0 fully saturated rings. The highest BCUT2D eigenvalue weighted by Crippen LogP contribution is 2.25. The summed E-state index contributed by atoms with van der Waals surface area (Å²) in [6.45, 7) is 2.85. The monoisotopic (exact) mass is 353 g/mol. The first-order valence-corrected chi connectivity index (χ1v) is 8.77. The van der Waals surface area contributed by atoms with E-state index in [0.717, 1.165) is 11.1 Å². The molecule has 0 radical (unpaired) electrons. The van der Waals surface area contributed by atoms with Crippen molar-refractivity contribution in [3.8, 4) is 0 Å². The van der Waals surface area contributed by atoms with Gasteiger partial charge in [0.2, 0.25) is 5.91 Å². The molecule has 0 aliphatic carbocycles. The number of fused-ring (bicyclic) bond motifs is 1. The van der Waals surface area contributed by atoms with E-state index in [1.807, 2.05) is 37.3 Å². The van der Waals surface area contributed by atoms with Crippen LogP contribution in [-0.4, -0.2) is 24.5 Å². The van der Waals surface area contributed by atoms with Crippen LogP contribution in [0.25, 0.3) is 0 Å². The van der Waals surface area contributed by atoms with Crippen LogP contribution in [0.2, 0.25) is 0 Å². The molecule has 0 saturated heterocycles. The van der Waals surface area contributed by atoms with Gasteiger partial charge in [-0.2, -0.15) is 0 Å². The van der Waals surface area contributed by atoms with Crippen molar-refractivity contribution in [2.24, 2.45) is 0 Å². The van der Waals surface area contributed by atoms with Crippen LogP contribution in [0.5, 0.6) is 0 Å². The van der Waals surface area contributed by atoms with Gasteiger partial charge in [0.1, 0.15) is 6.04 Å². The maximum Gasteiger partial charge on any atom is 0.274 e. The number of hydrogen-bond acceptors (Lipinski definition) is 4. The van der Waals surface area contributed by atoms with Gasteiger partial charge >= 0.3 is 0 Å². The van der Waals surface area contributed by atoms with Gasteiger partial charge in [-0.05, 0) is 29.7 Å². The molecule has 2 aromatic carbocycles. The normalized spacial score (nSPS) is 16.6. The van der Waals surface area contributed by atoms with E-state index in [1.165, 1.54) is 0 Å². The summed E-state index contributed by atoms with van der Waals surface area (Å²) in [5.41, 5.74) is 5.10. The molecule has 3 rings (SSSR count). The third kappa shape index (κ3) is 4.28. The maximum absolute atomic E-state index is 12.6. The highest BCUT2D eigenvalue weighted by atomic mass is 16.7. The van der Waals surface area contributed by atoms with E-state index >= 15 is 0 Å². The van der Waals surface area contributed by atoms with Crippen molar-refractivity contribution in [1.29, 1.82) is 0 Å². The van der Waals surface area contributed by atoms with Gasteiger partial charge in [-0.1, -0.05) is 49.4 Å². The molecule has 3 N–H and O–H groups in total. The summed E-state index contributed by atoms with van der Waals surface area (Å²) < 4.78 is 0. The topological polar surface area (TPSA) is 79.5 Å². The van der Waals surface area contributed by atoms with Crippen molar-refractivity contribution < 1.29 is 14.4 Å². The number of nitrogens with one attached hydrogen (secondary N) is 3. The molecule has 2 aromatic rings. The lowest BCUT2D eigenvalue weighted by Gasteiger charge is -2.20. The Morgan fingerprint density at radius 1 is 1.15 bits per heavy atom. The molecule has 1 aliphatic heterocycles. The summed E-state index contributed by atoms with van der Waals surface area (Å²) in [6.07, 6.45) is 0.696. The molecule has 1 unspecified atom stereocenters. The van der Waals surface area contributed by atoms with Crippen molar-refractivity contribution in [1.82, 2.24) is 16.1 Å². The summed E-state index contributed by atoms with van der Waals surface area (Å²) in [7, 11) is 0. The Kier molecular flexibility index (Phi) is 5.99. The van der Waals surface area contributed by atoms with E-state index in [9.17, 15) is 9.59 Å². The number of rotatable bonds is 7. The highest BCUT2D eigenvalue weighted by Gasteiger charge is 2.28. The Morgan fingerprint density at radius 3 is 2.65 bits per heavy atom. The molecule has 2 amide bonds. The SMILES string of the molecule is CC[C@@H](CONC(=O)c1ccccc1)NC(=O)C1NCc2ccccc21. The van der Waals surface area contributed by atoms with E-state index in [2.05, 4.69) is 16.1 Å². The average molecular weight is 353 g/mol. The molecular formula is C20H23N3O3. The zero-order chi connectivity index (χ0) is 18.4. The second-order valence-corrected chi connectivity index (χ2v) is 6.23. The van der Waals surface area contributed by atoms with Crippen molar-refractivity contribution in [3.63, 3.8) is 0 Å². The van der Waals surface area contributed by atoms with E-state index in [0.29, 0.717) is 18.5 Å². The summed E-state index contributed by atoms with van der Waals surface area (Å²) in [4.78, 5) is 29.8. The molecule has 6 heteroatoms. The van der Waals surface area contributed by atoms with Gasteiger partial charge in [0.05, 0.1) is 12.6 Å². The number of benzene rings is 2. The lowest BCUT2D eigenvalue weighted by atomic mass is 10.0. The Hall–Kier alpha value is -2.70. The zero-order valence-corrected chi connectivity index (χ0v) is 14.7. The Bertz CT molecular complexity index is 764. The average Bonchev–Trinajstić information content (AvgIpc) is 3.12. The van der Waals surface area contributed by atoms with Gasteiger partial charge in [-0.15, -0.1) is 0 Å². The summed E-state index contributed by atoms with van der Waals surface area (Å²) in [6, 6.07) is 16.2. The van der Waals surface area contributed by atoms with Crippen LogP contribution in [-0.2, 0) is 16.2 Å². The summed E-state index contributed by atoms with van der Waals surface area (Å²) >= 11 is 0. The van der Waals surface area contributed by atoms with E-state index in [1.54, 1.807) is 24.3 Å². The molecule has 2 atom stereocenters. The minimum atomic E-state index is -0.348. The van der Waals surface area contributed by atoms with Crippen LogP contribution in [0.4, 0.5) is 0 Å². The fraction of sp³-hybridized carbons (Fsp3) is 0.300. The van der Waals surface area contributed by atoms with Crippen LogP contribution in [0.1, 0.15) is 40.9 Å². The minimum Gasteiger partial charge on any atom is -0.349 e. The number of carbonyl (C=O) groups is 2. The van der Waals surface area contributed by atoms with Crippen LogP contribution < -0.4 is 16.1 Å². The van der Waals surface area contributed by atoms with E-state index < -0.39 is 0 Å². The smallest absolute Gasteiger partial charge is 0.274 e. The Labute approximate surface area is 152 Å². The van der Waals surface area contributed by atoms with Crippen LogP contribution in [0, 0.1) is 0 Å². The first-order valence-electron chi connectivity index (χ1n) is 8.77.